The van der Waals surface area contributed by atoms with E-state index in [9.17, 15) is 13.6 Å². The quantitative estimate of drug-likeness (QED) is 0.322. The normalized spacial score (nSPS) is 12.4. The van der Waals surface area contributed by atoms with E-state index in [-0.39, 0.29) is 18.3 Å². The fraction of sp³-hybridized carbons (Fsp3) is 0.647. The van der Waals surface area contributed by atoms with Gasteiger partial charge < -0.3 is 24.3 Å². The third-order valence-corrected chi connectivity index (χ3v) is 3.56. The Morgan fingerprint density at radius 2 is 2.00 bits per heavy atom. The van der Waals surface area contributed by atoms with Crippen molar-refractivity contribution in [2.45, 2.75) is 45.1 Å². The van der Waals surface area contributed by atoms with Crippen molar-refractivity contribution in [2.24, 2.45) is 0 Å². The van der Waals surface area contributed by atoms with Crippen LogP contribution in [0.3, 0.4) is 0 Å². The number of halogens is 2. The van der Waals surface area contributed by atoms with Crippen molar-refractivity contribution < 1.29 is 32.5 Å². The van der Waals surface area contributed by atoms with Crippen LogP contribution >= 0.6 is 0 Å². The van der Waals surface area contributed by atoms with Crippen molar-refractivity contribution in [1.82, 2.24) is 10.3 Å². The highest BCUT2D eigenvalue weighted by atomic mass is 19.3. The van der Waals surface area contributed by atoms with E-state index >= 15 is 0 Å². The number of methoxy groups -OCH3 is 2. The second-order valence-corrected chi connectivity index (χ2v) is 5.45. The van der Waals surface area contributed by atoms with Crippen LogP contribution in [0.4, 0.5) is 8.78 Å². The number of nitrogens with one attached hydrogen (secondary N) is 1. The molecule has 26 heavy (non-hydrogen) atoms. The Labute approximate surface area is 152 Å². The SMILES string of the molecule is CCCCOC(=O)C[C@H](NCC(OC)OC)c1ccc(OC(F)F)nc1. The summed E-state index contributed by atoms with van der Waals surface area (Å²) < 4.78 is 44.1. The number of rotatable bonds is 13. The van der Waals surface area contributed by atoms with Crippen molar-refractivity contribution in [3.05, 3.63) is 23.9 Å². The Morgan fingerprint density at radius 3 is 2.54 bits per heavy atom. The van der Waals surface area contributed by atoms with Gasteiger partial charge in [-0.15, -0.1) is 0 Å². The molecule has 0 aromatic carbocycles. The molecular weight excluding hydrogens is 350 g/mol. The van der Waals surface area contributed by atoms with E-state index in [1.54, 1.807) is 6.07 Å². The molecule has 1 rings (SSSR count). The van der Waals surface area contributed by atoms with E-state index in [1.807, 2.05) is 6.92 Å². The van der Waals surface area contributed by atoms with Gasteiger partial charge in [-0.25, -0.2) is 4.98 Å². The van der Waals surface area contributed by atoms with Gasteiger partial charge >= 0.3 is 12.6 Å². The maximum Gasteiger partial charge on any atom is 0.388 e. The molecule has 0 aliphatic heterocycles. The monoisotopic (exact) mass is 376 g/mol. The molecule has 7 nitrogen and oxygen atoms in total. The van der Waals surface area contributed by atoms with E-state index in [4.69, 9.17) is 14.2 Å². The molecular formula is C17H26F2N2O5. The molecule has 0 unspecified atom stereocenters. The van der Waals surface area contributed by atoms with Crippen LogP contribution in [0.1, 0.15) is 37.8 Å². The zero-order valence-corrected chi connectivity index (χ0v) is 15.2. The molecule has 1 aromatic rings. The highest BCUT2D eigenvalue weighted by Crippen LogP contribution is 2.20. The minimum absolute atomic E-state index is 0.0561. The number of carbonyl (C=O) groups is 1. The maximum absolute atomic E-state index is 12.2. The predicted molar refractivity (Wildman–Crippen MR) is 89.9 cm³/mol. The Hall–Kier alpha value is -1.84. The summed E-state index contributed by atoms with van der Waals surface area (Å²) in [6.45, 7) is -0.266. The van der Waals surface area contributed by atoms with Crippen LogP contribution in [0.15, 0.2) is 18.3 Å². The first-order chi connectivity index (χ1) is 12.5. The summed E-state index contributed by atoms with van der Waals surface area (Å²) in [5, 5.41) is 3.14. The van der Waals surface area contributed by atoms with Crippen molar-refractivity contribution >= 4 is 5.97 Å². The maximum atomic E-state index is 12.2. The Morgan fingerprint density at radius 1 is 1.27 bits per heavy atom. The summed E-state index contributed by atoms with van der Waals surface area (Å²) in [6.07, 6.45) is 2.65. The van der Waals surface area contributed by atoms with Crippen molar-refractivity contribution in [3.63, 3.8) is 0 Å². The van der Waals surface area contributed by atoms with Crippen LogP contribution in [0.5, 0.6) is 5.88 Å². The first-order valence-corrected chi connectivity index (χ1v) is 8.35. The molecule has 0 saturated heterocycles. The summed E-state index contributed by atoms with van der Waals surface area (Å²) in [7, 11) is 3.00. The summed E-state index contributed by atoms with van der Waals surface area (Å²) in [5.74, 6) is -0.560. The number of hydrogen-bond donors (Lipinski definition) is 1. The third kappa shape index (κ3) is 8.50. The van der Waals surface area contributed by atoms with Gasteiger partial charge in [0.15, 0.2) is 6.29 Å². The molecule has 148 valence electrons. The van der Waals surface area contributed by atoms with Crippen LogP contribution in [-0.2, 0) is 19.0 Å². The van der Waals surface area contributed by atoms with E-state index in [0.717, 1.165) is 12.8 Å². The van der Waals surface area contributed by atoms with Gasteiger partial charge in [-0.1, -0.05) is 19.4 Å². The molecule has 1 aromatic heterocycles. The number of nitrogens with zero attached hydrogens (tertiary/aromatic N) is 1. The van der Waals surface area contributed by atoms with Gasteiger partial charge in [-0.3, -0.25) is 4.79 Å². The average Bonchev–Trinajstić information content (AvgIpc) is 2.62. The zero-order valence-electron chi connectivity index (χ0n) is 15.2. The minimum Gasteiger partial charge on any atom is -0.466 e. The van der Waals surface area contributed by atoms with Gasteiger partial charge in [-0.2, -0.15) is 8.78 Å². The van der Waals surface area contributed by atoms with Gasteiger partial charge in [-0.05, 0) is 12.0 Å². The van der Waals surface area contributed by atoms with Crippen LogP contribution in [0, 0.1) is 0 Å². The summed E-state index contributed by atoms with van der Waals surface area (Å²) in [6, 6.07) is 2.45. The van der Waals surface area contributed by atoms with Crippen LogP contribution in [0.25, 0.3) is 0 Å². The molecule has 0 fully saturated rings. The first kappa shape index (κ1) is 22.2. The van der Waals surface area contributed by atoms with E-state index in [0.29, 0.717) is 18.7 Å². The number of alkyl halides is 2. The molecule has 0 aliphatic carbocycles. The Balaban J connectivity index is 2.76. The second-order valence-electron chi connectivity index (χ2n) is 5.45. The lowest BCUT2D eigenvalue weighted by Gasteiger charge is -2.21. The molecule has 0 spiro atoms. The fourth-order valence-corrected chi connectivity index (χ4v) is 2.12. The first-order valence-electron chi connectivity index (χ1n) is 8.35. The Bertz CT molecular complexity index is 512. The lowest BCUT2D eigenvalue weighted by Crippen LogP contribution is -2.34. The molecule has 9 heteroatoms. The van der Waals surface area contributed by atoms with Crippen LogP contribution < -0.4 is 10.1 Å². The Kier molecular flexibility index (Phi) is 10.7. The third-order valence-electron chi connectivity index (χ3n) is 3.56. The fourth-order valence-electron chi connectivity index (χ4n) is 2.12. The summed E-state index contributed by atoms with van der Waals surface area (Å²) in [5.41, 5.74) is 0.630. The molecule has 1 atom stereocenters. The topological polar surface area (TPSA) is 78.9 Å². The summed E-state index contributed by atoms with van der Waals surface area (Å²) >= 11 is 0. The van der Waals surface area contributed by atoms with Gasteiger partial charge in [0.2, 0.25) is 5.88 Å². The largest absolute Gasteiger partial charge is 0.466 e. The van der Waals surface area contributed by atoms with Crippen molar-refractivity contribution in [3.8, 4) is 5.88 Å². The number of carbonyl (C=O) groups excluding carboxylic acids is 1. The van der Waals surface area contributed by atoms with E-state index in [2.05, 4.69) is 15.0 Å². The number of aromatic nitrogens is 1. The van der Waals surface area contributed by atoms with Crippen LogP contribution in [-0.4, -0.2) is 51.2 Å². The molecule has 0 saturated carbocycles. The number of hydrogen-bond acceptors (Lipinski definition) is 7. The number of pyridine rings is 1. The van der Waals surface area contributed by atoms with Crippen molar-refractivity contribution in [2.75, 3.05) is 27.4 Å². The molecule has 0 bridgehead atoms. The predicted octanol–water partition coefficient (Wildman–Crippen LogP) is 2.67. The number of ether oxygens (including phenoxy) is 4. The summed E-state index contributed by atoms with van der Waals surface area (Å²) in [4.78, 5) is 15.9. The van der Waals surface area contributed by atoms with Gasteiger partial charge in [0.1, 0.15) is 0 Å². The molecule has 1 heterocycles. The van der Waals surface area contributed by atoms with Crippen LogP contribution in [0.2, 0.25) is 0 Å². The molecule has 0 radical (unpaired) electrons. The molecule has 0 amide bonds. The highest BCUT2D eigenvalue weighted by Gasteiger charge is 2.19. The number of esters is 1. The van der Waals surface area contributed by atoms with E-state index in [1.165, 1.54) is 26.5 Å². The standard InChI is InChI=1S/C17H26F2N2O5/c1-4-5-8-25-15(22)9-13(20-11-16(23-2)24-3)12-6-7-14(21-10-12)26-17(18)19/h6-7,10,13,16-17,20H,4-5,8-9,11H2,1-3H3/t13-/m0/s1. The lowest BCUT2D eigenvalue weighted by molar-refractivity contribution is -0.144. The average molecular weight is 376 g/mol. The molecule has 0 aliphatic rings. The number of unbranched alkanes of at least 4 members (excludes halogenated alkanes) is 1. The van der Waals surface area contributed by atoms with Crippen molar-refractivity contribution in [1.29, 1.82) is 0 Å². The minimum atomic E-state index is -2.94. The van der Waals surface area contributed by atoms with Gasteiger partial charge in [0.25, 0.3) is 0 Å². The van der Waals surface area contributed by atoms with E-state index < -0.39 is 18.9 Å². The highest BCUT2D eigenvalue weighted by molar-refractivity contribution is 5.70. The smallest absolute Gasteiger partial charge is 0.388 e. The molecule has 1 N–H and O–H groups in total. The second kappa shape index (κ2) is 12.5. The van der Waals surface area contributed by atoms with Gasteiger partial charge in [0.05, 0.1) is 13.0 Å². The zero-order chi connectivity index (χ0) is 19.4. The lowest BCUT2D eigenvalue weighted by atomic mass is 10.1. The van der Waals surface area contributed by atoms with Gasteiger partial charge in [0, 0.05) is 39.1 Å².